The van der Waals surface area contributed by atoms with Crippen LogP contribution in [0.3, 0.4) is 0 Å². The third kappa shape index (κ3) is 2.36. The Morgan fingerprint density at radius 2 is 1.78 bits per heavy atom. The molecule has 0 radical (unpaired) electrons. The van der Waals surface area contributed by atoms with Crippen LogP contribution in [0, 0.1) is 22.7 Å². The zero-order valence-corrected chi connectivity index (χ0v) is 14.6. The van der Waals surface area contributed by atoms with E-state index in [2.05, 4.69) is 50.3 Å². The lowest BCUT2D eigenvalue weighted by Gasteiger charge is -2.61. The Kier molecular flexibility index (Phi) is 4.11. The van der Waals surface area contributed by atoms with E-state index in [0.717, 1.165) is 12.3 Å². The van der Waals surface area contributed by atoms with E-state index in [0.29, 0.717) is 16.7 Å². The molecule has 0 aromatic rings. The summed E-state index contributed by atoms with van der Waals surface area (Å²) in [5.41, 5.74) is 0.380. The van der Waals surface area contributed by atoms with Crippen LogP contribution in [0.2, 0.25) is 0 Å². The molecule has 0 aliphatic heterocycles. The zero-order chi connectivity index (χ0) is 13.6. The van der Waals surface area contributed by atoms with Crippen LogP contribution < -0.4 is 0 Å². The average Bonchev–Trinajstić information content (AvgIpc) is 2.22. The first-order valence-corrected chi connectivity index (χ1v) is 9.05. The molecule has 0 spiro atoms. The van der Waals surface area contributed by atoms with Crippen LogP contribution in [-0.4, -0.2) is 15.1 Å². The van der Waals surface area contributed by atoms with Gasteiger partial charge in [0.25, 0.3) is 0 Å². The number of rotatable bonds is 2. The number of halogens is 1. The summed E-state index contributed by atoms with van der Waals surface area (Å²) >= 11 is 2.47. The maximum Gasteiger partial charge on any atom is 0.0653 e. The molecule has 0 amide bonds. The summed E-state index contributed by atoms with van der Waals surface area (Å²) < 4.78 is 1.17. The summed E-state index contributed by atoms with van der Waals surface area (Å²) in [6.45, 7) is 9.47. The SMILES string of the molecule is CC1(C)CCCC2(C)C1CCC(C)(O)C2CCI. The molecule has 0 heterocycles. The van der Waals surface area contributed by atoms with Crippen LogP contribution in [0.25, 0.3) is 0 Å². The summed E-state index contributed by atoms with van der Waals surface area (Å²) in [6.07, 6.45) is 7.42. The molecule has 106 valence electrons. The molecule has 2 aliphatic rings. The van der Waals surface area contributed by atoms with E-state index in [9.17, 15) is 5.11 Å². The van der Waals surface area contributed by atoms with Crippen molar-refractivity contribution < 1.29 is 5.11 Å². The van der Waals surface area contributed by atoms with E-state index in [4.69, 9.17) is 0 Å². The van der Waals surface area contributed by atoms with Crippen LogP contribution in [0.5, 0.6) is 0 Å². The third-order valence-electron chi connectivity index (χ3n) is 6.16. The number of alkyl halides is 1. The van der Waals surface area contributed by atoms with E-state index in [1.807, 2.05) is 0 Å². The molecular weight excluding hydrogens is 335 g/mol. The predicted molar refractivity (Wildman–Crippen MR) is 86.1 cm³/mol. The van der Waals surface area contributed by atoms with Crippen LogP contribution in [0.1, 0.15) is 66.2 Å². The lowest BCUT2D eigenvalue weighted by atomic mass is 9.45. The summed E-state index contributed by atoms with van der Waals surface area (Å²) in [7, 11) is 0. The van der Waals surface area contributed by atoms with Crippen LogP contribution >= 0.6 is 22.6 Å². The van der Waals surface area contributed by atoms with Gasteiger partial charge in [0.1, 0.15) is 0 Å². The van der Waals surface area contributed by atoms with E-state index >= 15 is 0 Å². The fourth-order valence-electron chi connectivity index (χ4n) is 5.37. The molecule has 18 heavy (non-hydrogen) atoms. The van der Waals surface area contributed by atoms with Crippen molar-refractivity contribution in [2.75, 3.05) is 4.43 Å². The van der Waals surface area contributed by atoms with Gasteiger partial charge in [0.2, 0.25) is 0 Å². The summed E-state index contributed by atoms with van der Waals surface area (Å²) in [6, 6.07) is 0. The van der Waals surface area contributed by atoms with Crippen molar-refractivity contribution in [1.82, 2.24) is 0 Å². The summed E-state index contributed by atoms with van der Waals surface area (Å²) in [5, 5.41) is 10.8. The number of hydrogen-bond acceptors (Lipinski definition) is 1. The first kappa shape index (κ1) is 15.1. The molecular formula is C16H29IO. The first-order valence-electron chi connectivity index (χ1n) is 7.52. The minimum atomic E-state index is -0.441. The molecule has 2 heteroatoms. The molecule has 2 saturated carbocycles. The Bertz CT molecular complexity index is 310. The topological polar surface area (TPSA) is 20.2 Å². The number of fused-ring (bicyclic) bond motifs is 1. The van der Waals surface area contributed by atoms with E-state index in [1.54, 1.807) is 0 Å². The minimum absolute atomic E-state index is 0.356. The van der Waals surface area contributed by atoms with Crippen LogP contribution in [-0.2, 0) is 0 Å². The Hall–Kier alpha value is 0.690. The fourth-order valence-corrected chi connectivity index (χ4v) is 6.00. The molecule has 2 aliphatic carbocycles. The summed E-state index contributed by atoms with van der Waals surface area (Å²) in [4.78, 5) is 0. The van der Waals surface area contributed by atoms with E-state index in [1.165, 1.54) is 36.5 Å². The van der Waals surface area contributed by atoms with Gasteiger partial charge in [-0.25, -0.2) is 0 Å². The zero-order valence-electron chi connectivity index (χ0n) is 12.4. The molecule has 0 bridgehead atoms. The average molecular weight is 364 g/mol. The lowest BCUT2D eigenvalue weighted by molar-refractivity contribution is -0.167. The minimum Gasteiger partial charge on any atom is -0.390 e. The highest BCUT2D eigenvalue weighted by molar-refractivity contribution is 14.1. The smallest absolute Gasteiger partial charge is 0.0653 e. The van der Waals surface area contributed by atoms with Gasteiger partial charge in [-0.1, -0.05) is 49.8 Å². The second-order valence-electron chi connectivity index (χ2n) is 7.83. The van der Waals surface area contributed by atoms with Gasteiger partial charge in [-0.2, -0.15) is 0 Å². The monoisotopic (exact) mass is 364 g/mol. The lowest BCUT2D eigenvalue weighted by Crippen LogP contribution is -2.57. The fraction of sp³-hybridized carbons (Fsp3) is 1.00. The largest absolute Gasteiger partial charge is 0.390 e. The molecule has 4 unspecified atom stereocenters. The summed E-state index contributed by atoms with van der Waals surface area (Å²) in [5.74, 6) is 1.28. The Labute approximate surface area is 126 Å². The molecule has 2 fully saturated rings. The second-order valence-corrected chi connectivity index (χ2v) is 8.91. The molecule has 1 nitrogen and oxygen atoms in total. The van der Waals surface area contributed by atoms with E-state index < -0.39 is 5.60 Å². The Balaban J connectivity index is 2.35. The van der Waals surface area contributed by atoms with Crippen molar-refractivity contribution in [2.24, 2.45) is 22.7 Å². The second kappa shape index (κ2) is 4.91. The normalized spacial score (nSPS) is 47.7. The van der Waals surface area contributed by atoms with Gasteiger partial charge in [0, 0.05) is 0 Å². The highest BCUT2D eigenvalue weighted by Gasteiger charge is 2.57. The van der Waals surface area contributed by atoms with Crippen LogP contribution in [0.15, 0.2) is 0 Å². The van der Waals surface area contributed by atoms with Gasteiger partial charge >= 0.3 is 0 Å². The highest BCUT2D eigenvalue weighted by atomic mass is 127. The van der Waals surface area contributed by atoms with Gasteiger partial charge in [0.05, 0.1) is 5.60 Å². The predicted octanol–water partition coefficient (Wildman–Crippen LogP) is 4.81. The molecule has 0 aromatic heterocycles. The molecule has 1 N–H and O–H groups in total. The highest BCUT2D eigenvalue weighted by Crippen LogP contribution is 2.62. The Morgan fingerprint density at radius 3 is 2.39 bits per heavy atom. The maximum atomic E-state index is 10.8. The Morgan fingerprint density at radius 1 is 1.11 bits per heavy atom. The van der Waals surface area contributed by atoms with Crippen molar-refractivity contribution in [3.63, 3.8) is 0 Å². The van der Waals surface area contributed by atoms with Crippen molar-refractivity contribution in [3.05, 3.63) is 0 Å². The van der Waals surface area contributed by atoms with Gasteiger partial charge in [-0.05, 0) is 66.1 Å². The molecule has 2 rings (SSSR count). The van der Waals surface area contributed by atoms with E-state index in [-0.39, 0.29) is 0 Å². The van der Waals surface area contributed by atoms with Gasteiger partial charge in [-0.15, -0.1) is 0 Å². The molecule has 0 saturated heterocycles. The van der Waals surface area contributed by atoms with Crippen LogP contribution in [0.4, 0.5) is 0 Å². The van der Waals surface area contributed by atoms with Gasteiger partial charge in [0.15, 0.2) is 0 Å². The molecule has 4 atom stereocenters. The standard InChI is InChI=1S/C16H29IO/c1-14(2)8-5-9-15(3)12(14)6-10-16(4,18)13(15)7-11-17/h12-13,18H,5-11H2,1-4H3. The number of aliphatic hydroxyl groups is 1. The maximum absolute atomic E-state index is 10.8. The van der Waals surface area contributed by atoms with Crippen molar-refractivity contribution in [1.29, 1.82) is 0 Å². The quantitative estimate of drug-likeness (QED) is 0.551. The first-order chi connectivity index (χ1) is 8.24. The van der Waals surface area contributed by atoms with Gasteiger partial charge < -0.3 is 5.11 Å². The van der Waals surface area contributed by atoms with Crippen molar-refractivity contribution in [2.45, 2.75) is 71.8 Å². The van der Waals surface area contributed by atoms with Gasteiger partial charge in [-0.3, -0.25) is 0 Å². The van der Waals surface area contributed by atoms with Crippen molar-refractivity contribution >= 4 is 22.6 Å². The number of hydrogen-bond donors (Lipinski definition) is 1. The molecule has 0 aromatic carbocycles. The third-order valence-corrected chi connectivity index (χ3v) is 6.78. The van der Waals surface area contributed by atoms with Crippen molar-refractivity contribution in [3.8, 4) is 0 Å².